The fourth-order valence-corrected chi connectivity index (χ4v) is 14.9. The molecule has 0 atom stereocenters. The smallest absolute Gasteiger partial charge is 0.253 e. The molecule has 0 unspecified atom stereocenters. The highest BCUT2D eigenvalue weighted by Crippen LogP contribution is 2.40. The number of amides is 4. The molecule has 2 aliphatic heterocycles. The number of H-pyrrole nitrogens is 2. The summed E-state index contributed by atoms with van der Waals surface area (Å²) in [6, 6.07) is 41.2. The molecular weight excluding hydrogens is 1090 g/mol. The molecule has 6 aliphatic rings. The van der Waals surface area contributed by atoms with Gasteiger partial charge in [0.05, 0.1) is 22.8 Å². The summed E-state index contributed by atoms with van der Waals surface area (Å²) in [5.41, 5.74) is 15.7. The Hall–Kier alpha value is -8.64. The zero-order chi connectivity index (χ0) is 60.4. The molecule has 8 bridgehead atoms. The van der Waals surface area contributed by atoms with Gasteiger partial charge < -0.3 is 29.6 Å². The van der Waals surface area contributed by atoms with E-state index in [4.69, 9.17) is 9.97 Å². The van der Waals surface area contributed by atoms with Crippen LogP contribution in [0.15, 0.2) is 121 Å². The highest BCUT2D eigenvalue weighted by molar-refractivity contribution is 6.03. The second-order valence-electron chi connectivity index (χ2n) is 25.6. The summed E-state index contributed by atoms with van der Waals surface area (Å²) < 4.78 is 0. The molecule has 12 nitrogen and oxygen atoms in total. The van der Waals surface area contributed by atoms with Crippen LogP contribution in [0.2, 0.25) is 0 Å². The number of nitrogens with zero attached hydrogens (tertiary/aromatic N) is 6. The van der Waals surface area contributed by atoms with Gasteiger partial charge in [-0.2, -0.15) is 0 Å². The molecule has 7 aromatic rings. The molecule has 4 aromatic carbocycles. The van der Waals surface area contributed by atoms with Gasteiger partial charge in [0.1, 0.15) is 0 Å². The van der Waals surface area contributed by atoms with E-state index in [2.05, 4.69) is 58.5 Å². The van der Waals surface area contributed by atoms with Gasteiger partial charge in [0.25, 0.3) is 23.6 Å². The first-order valence-corrected chi connectivity index (χ1v) is 32.6. The van der Waals surface area contributed by atoms with Gasteiger partial charge in [-0.3, -0.25) is 19.2 Å². The maximum Gasteiger partial charge on any atom is 0.253 e. The second kappa shape index (κ2) is 25.6. The number of rotatable bonds is 12. The fourth-order valence-electron chi connectivity index (χ4n) is 14.9. The summed E-state index contributed by atoms with van der Waals surface area (Å²) in [5, 5.41) is 0. The first kappa shape index (κ1) is 58.4. The average Bonchev–Trinajstić information content (AvgIpc) is 3.48. The molecule has 4 fully saturated rings. The number of nitrogens with one attached hydrogen (secondary N) is 2. The van der Waals surface area contributed by atoms with Crippen molar-refractivity contribution in [3.05, 3.63) is 166 Å². The van der Waals surface area contributed by atoms with Crippen LogP contribution in [0.25, 0.3) is 90.9 Å². The second-order valence-corrected chi connectivity index (χ2v) is 25.6. The molecule has 0 radical (unpaired) electrons. The Morgan fingerprint density at radius 2 is 0.489 bits per heavy atom. The van der Waals surface area contributed by atoms with Crippen molar-refractivity contribution in [3.63, 3.8) is 0 Å². The number of carbonyl (C=O) groups is 4. The SMILES string of the molecule is CN(C(=O)c1ccc(-c2c3nc(c(-c4ccc(C(=O)N(C)C5CCCCC5)cc4)c4ccc([nH]4)c(-c4ccc(C(=O)N(C)C5CCCCC5)cc4)c4nc(c(-c5ccc(C(=O)N(C)C6CCCCC6)cc5)c5ccc2[nH]5)C=C4)C=C3)cc1)C1CCCCC1. The van der Waals surface area contributed by atoms with E-state index < -0.39 is 0 Å². The molecule has 5 heterocycles. The molecule has 13 rings (SSSR count). The molecule has 4 aliphatic carbocycles. The Kier molecular flexibility index (Phi) is 17.0. The molecule has 88 heavy (non-hydrogen) atoms. The molecule has 2 N–H and O–H groups in total. The lowest BCUT2D eigenvalue weighted by atomic mass is 9.94. The lowest BCUT2D eigenvalue weighted by Gasteiger charge is -2.31. The van der Waals surface area contributed by atoms with E-state index in [-0.39, 0.29) is 47.8 Å². The van der Waals surface area contributed by atoms with Gasteiger partial charge in [-0.15, -0.1) is 0 Å². The summed E-state index contributed by atoms with van der Waals surface area (Å²) in [6.45, 7) is 0. The van der Waals surface area contributed by atoms with E-state index >= 15 is 0 Å². The molecule has 0 saturated heterocycles. The summed E-state index contributed by atoms with van der Waals surface area (Å²) in [6.07, 6.45) is 30.5. The number of fused-ring (bicyclic) bond motifs is 8. The third-order valence-corrected chi connectivity index (χ3v) is 20.2. The van der Waals surface area contributed by atoms with Crippen molar-refractivity contribution in [1.82, 2.24) is 39.5 Å². The van der Waals surface area contributed by atoms with Crippen LogP contribution in [0, 0.1) is 0 Å². The van der Waals surface area contributed by atoms with Crippen molar-refractivity contribution in [3.8, 4) is 44.5 Å². The van der Waals surface area contributed by atoms with Crippen LogP contribution in [0.5, 0.6) is 0 Å². The van der Waals surface area contributed by atoms with Crippen LogP contribution in [0.4, 0.5) is 0 Å². The molecule has 12 heteroatoms. The van der Waals surface area contributed by atoms with Crippen LogP contribution in [0.3, 0.4) is 0 Å². The lowest BCUT2D eigenvalue weighted by Crippen LogP contribution is -2.38. The standard InChI is InChI=1S/C76H82N8O4/c1-81(57-17-9-5-10-18-57)73(85)53-33-25-49(26-34-53)69-61-41-43-63(77-61)70(50-27-35-54(36-28-50)74(86)82(2)58-19-11-6-12-20-58)65-45-47-67(79-65)72(52-31-39-56(40-32-52)76(88)84(4)60-23-15-8-16-24-60)68-48-46-66(80-68)71(64-44-42-62(69)78-64)51-29-37-55(38-30-51)75(87)83(3)59-21-13-7-14-22-59/h25-48,57-60,77,80H,5-24H2,1-4H3. The number of aromatic nitrogens is 4. The maximum atomic E-state index is 14.1. The average molecular weight is 1170 g/mol. The third-order valence-electron chi connectivity index (χ3n) is 20.2. The van der Waals surface area contributed by atoms with Crippen LogP contribution >= 0.6 is 0 Å². The fraction of sp³-hybridized carbons (Fsp3) is 0.368. The van der Waals surface area contributed by atoms with Crippen LogP contribution < -0.4 is 0 Å². The highest BCUT2D eigenvalue weighted by Gasteiger charge is 2.29. The Bertz CT molecular complexity index is 3470. The number of carbonyl (C=O) groups excluding carboxylic acids is 4. The minimum absolute atomic E-state index is 0.0228. The van der Waals surface area contributed by atoms with E-state index in [9.17, 15) is 19.2 Å². The Morgan fingerprint density at radius 3 is 0.682 bits per heavy atom. The van der Waals surface area contributed by atoms with Crippen LogP contribution in [-0.2, 0) is 0 Å². The van der Waals surface area contributed by atoms with Crippen LogP contribution in [0.1, 0.15) is 193 Å². The van der Waals surface area contributed by atoms with Crippen molar-refractivity contribution in [2.45, 2.75) is 153 Å². The van der Waals surface area contributed by atoms with E-state index in [1.54, 1.807) is 0 Å². The number of aromatic amines is 2. The van der Waals surface area contributed by atoms with Crippen molar-refractivity contribution < 1.29 is 19.2 Å². The Labute approximate surface area is 517 Å². The Morgan fingerprint density at radius 1 is 0.295 bits per heavy atom. The van der Waals surface area contributed by atoms with Crippen molar-refractivity contribution in [2.75, 3.05) is 28.2 Å². The number of hydrogen-bond acceptors (Lipinski definition) is 6. The summed E-state index contributed by atoms with van der Waals surface area (Å²) >= 11 is 0. The maximum absolute atomic E-state index is 14.1. The quantitative estimate of drug-likeness (QED) is 0.125. The third kappa shape index (κ3) is 11.8. The molecule has 3 aromatic heterocycles. The van der Waals surface area contributed by atoms with Crippen molar-refractivity contribution >= 4 is 70.0 Å². The first-order chi connectivity index (χ1) is 42.9. The topological polar surface area (TPSA) is 139 Å². The first-order valence-electron chi connectivity index (χ1n) is 32.6. The Balaban J connectivity index is 1.00. The monoisotopic (exact) mass is 1170 g/mol. The van der Waals surface area contributed by atoms with E-state index in [1.165, 1.54) is 25.7 Å². The lowest BCUT2D eigenvalue weighted by molar-refractivity contribution is 0.0689. The predicted molar refractivity (Wildman–Crippen MR) is 356 cm³/mol. The van der Waals surface area contributed by atoms with Gasteiger partial charge in [0.15, 0.2) is 0 Å². The normalized spacial score (nSPS) is 16.8. The molecule has 0 spiro atoms. The van der Waals surface area contributed by atoms with Gasteiger partial charge in [0.2, 0.25) is 0 Å². The summed E-state index contributed by atoms with van der Waals surface area (Å²) in [5.74, 6) is 0.0911. The predicted octanol–water partition coefficient (Wildman–Crippen LogP) is 16.9. The van der Waals surface area contributed by atoms with Gasteiger partial charge in [0, 0.05) is 119 Å². The van der Waals surface area contributed by atoms with Crippen LogP contribution in [-0.4, -0.2) is 116 Å². The van der Waals surface area contributed by atoms with Gasteiger partial charge >= 0.3 is 0 Å². The highest BCUT2D eigenvalue weighted by atomic mass is 16.2. The molecule has 4 saturated carbocycles. The van der Waals surface area contributed by atoms with E-state index in [0.717, 1.165) is 192 Å². The zero-order valence-electron chi connectivity index (χ0n) is 51.6. The van der Waals surface area contributed by atoms with Gasteiger partial charge in [-0.05, 0) is 171 Å². The van der Waals surface area contributed by atoms with Crippen molar-refractivity contribution in [2.24, 2.45) is 0 Å². The summed E-state index contributed by atoms with van der Waals surface area (Å²) in [7, 11) is 7.77. The van der Waals surface area contributed by atoms with Gasteiger partial charge in [-0.1, -0.05) is 126 Å². The van der Waals surface area contributed by atoms with E-state index in [1.807, 2.05) is 145 Å². The minimum Gasteiger partial charge on any atom is -0.354 e. The largest absolute Gasteiger partial charge is 0.354 e. The summed E-state index contributed by atoms with van der Waals surface area (Å²) in [4.78, 5) is 83.1. The number of hydrogen-bond donors (Lipinski definition) is 2. The van der Waals surface area contributed by atoms with E-state index in [0.29, 0.717) is 22.3 Å². The zero-order valence-corrected chi connectivity index (χ0v) is 51.6. The van der Waals surface area contributed by atoms with Crippen molar-refractivity contribution in [1.29, 1.82) is 0 Å². The molecule has 4 amide bonds. The minimum atomic E-state index is 0.0228. The van der Waals surface area contributed by atoms with Gasteiger partial charge in [-0.25, -0.2) is 9.97 Å². The molecular formula is C76H82N8O4. The molecule has 450 valence electrons. The number of benzene rings is 4.